The monoisotopic (exact) mass is 890 g/mol. The number of hydrogen-bond donors (Lipinski definition) is 0. The van der Waals surface area contributed by atoms with Gasteiger partial charge in [0.05, 0.1) is 0 Å². The maximum atomic E-state index is 3.30. The Balaban J connectivity index is 0. The largest absolute Gasteiger partial charge is 3.00 e. The molecule has 6 aliphatic carbocycles. The molecule has 0 spiro atoms. The minimum absolute atomic E-state index is 0. The summed E-state index contributed by atoms with van der Waals surface area (Å²) in [6.07, 6.45) is 67.6. The molecule has 246 valence electrons. The normalized spacial score (nSPS) is 16.0. The zero-order valence-electron chi connectivity index (χ0n) is 27.3. The van der Waals surface area contributed by atoms with E-state index in [1.165, 1.54) is 74.5 Å². The second-order valence-electron chi connectivity index (χ2n) is 10.2. The number of unbranched alkanes of at least 4 members (excludes halogenated alkanes) is 3. The summed E-state index contributed by atoms with van der Waals surface area (Å²) in [6, 6.07) is 0. The van der Waals surface area contributed by atoms with E-state index < -0.39 is 0 Å². The second kappa shape index (κ2) is 36.8. The predicted octanol–water partition coefficient (Wildman–Crippen LogP) is 12.5. The van der Waals surface area contributed by atoms with E-state index in [0.29, 0.717) is 0 Å². The molecule has 2 radical (unpaired) electrons. The van der Waals surface area contributed by atoms with Crippen LogP contribution in [0, 0.1) is 111 Å². The van der Waals surface area contributed by atoms with Crippen LogP contribution >= 0.6 is 0 Å². The molecule has 6 aliphatic rings. The molecule has 0 saturated carbocycles. The molecule has 2 heteroatoms. The Kier molecular flexibility index (Phi) is 38.1. The van der Waals surface area contributed by atoms with Crippen molar-refractivity contribution in [1.82, 2.24) is 0 Å². The second-order valence-corrected chi connectivity index (χ2v) is 10.2. The van der Waals surface area contributed by atoms with E-state index in [2.05, 4.69) is 112 Å². The van der Waals surface area contributed by atoms with Crippen LogP contribution in [0.2, 0.25) is 0 Å². The van der Waals surface area contributed by atoms with Crippen molar-refractivity contribution >= 4 is 0 Å². The molecule has 0 aromatic heterocycles. The third-order valence-electron chi connectivity index (χ3n) is 6.45. The summed E-state index contributed by atoms with van der Waals surface area (Å²) >= 11 is 0. The summed E-state index contributed by atoms with van der Waals surface area (Å²) < 4.78 is 0. The average Bonchev–Trinajstić information content (AvgIpc) is 3.88. The van der Waals surface area contributed by atoms with Crippen molar-refractivity contribution in [1.29, 1.82) is 0 Å². The Morgan fingerprint density at radius 2 is 0.727 bits per heavy atom. The van der Waals surface area contributed by atoms with Crippen LogP contribution in [0.1, 0.15) is 117 Å². The van der Waals surface area contributed by atoms with Crippen LogP contribution in [0.4, 0.5) is 0 Å². The Hall–Kier alpha value is -0.626. The van der Waals surface area contributed by atoms with Crippen molar-refractivity contribution < 1.29 is 74.6 Å². The number of allylic oxidation sites excluding steroid dienone is 24. The summed E-state index contributed by atoms with van der Waals surface area (Å²) in [7, 11) is 0. The molecule has 0 atom stereocenters. The first-order valence-corrected chi connectivity index (χ1v) is 16.2. The van der Waals surface area contributed by atoms with Gasteiger partial charge in [0.2, 0.25) is 0 Å². The third-order valence-corrected chi connectivity index (χ3v) is 6.45. The molecule has 0 aliphatic heterocycles. The molecule has 0 nitrogen and oxygen atoms in total. The fraction of sp³-hybridized carbons (Fsp3) is 0.429. The van der Waals surface area contributed by atoms with Gasteiger partial charge in [-0.1, -0.05) is 78.6 Å². The van der Waals surface area contributed by atoms with E-state index in [1.807, 2.05) is 36.5 Å². The van der Waals surface area contributed by atoms with Crippen molar-refractivity contribution in [2.45, 2.75) is 117 Å². The quantitative estimate of drug-likeness (QED) is 0.202. The van der Waals surface area contributed by atoms with Crippen LogP contribution in [0.25, 0.3) is 0 Å². The van der Waals surface area contributed by atoms with Crippen LogP contribution in [0.15, 0.2) is 108 Å². The van der Waals surface area contributed by atoms with Crippen molar-refractivity contribution in [3.05, 3.63) is 144 Å². The smallest absolute Gasteiger partial charge is 0.273 e. The fourth-order valence-corrected chi connectivity index (χ4v) is 3.99. The molecule has 0 aromatic carbocycles. The van der Waals surface area contributed by atoms with Gasteiger partial charge in [-0.2, -0.15) is 36.5 Å². The Morgan fingerprint density at radius 1 is 0.432 bits per heavy atom. The van der Waals surface area contributed by atoms with Crippen molar-refractivity contribution in [3.8, 4) is 0 Å². The maximum absolute atomic E-state index is 3.30. The summed E-state index contributed by atoms with van der Waals surface area (Å²) in [5.41, 5.74) is 4.24. The fourth-order valence-electron chi connectivity index (χ4n) is 3.99. The van der Waals surface area contributed by atoms with E-state index in [4.69, 9.17) is 0 Å². The first-order chi connectivity index (χ1) is 20.8. The van der Waals surface area contributed by atoms with Crippen LogP contribution in [-0.4, -0.2) is 0 Å². The molecule has 0 fully saturated rings. The van der Waals surface area contributed by atoms with E-state index in [1.54, 1.807) is 0 Å². The SMILES string of the molecule is CCCCC1=[C-]CC=C1.CCCCC1=[C-]CC=C1.CCCCC1=[C-]CC=C1.[C-]1=CC=CC1.[C-]1=CC=CC1.[C-]1=CC=CC1.[Er+3].[Er+3]. The van der Waals surface area contributed by atoms with Gasteiger partial charge in [-0.05, 0) is 0 Å². The molecule has 0 aromatic rings. The van der Waals surface area contributed by atoms with Crippen LogP contribution in [-0.2, 0) is 0 Å². The average molecular weight is 893 g/mol. The first-order valence-electron chi connectivity index (χ1n) is 16.2. The maximum Gasteiger partial charge on any atom is 3.00 e. The van der Waals surface area contributed by atoms with E-state index >= 15 is 0 Å². The zero-order chi connectivity index (χ0) is 30.2. The Labute approximate surface area is 332 Å². The molecule has 0 N–H and O–H groups in total. The zero-order valence-corrected chi connectivity index (χ0v) is 31.0. The molecule has 44 heavy (non-hydrogen) atoms. The molecular formula is C42H54Er2. The van der Waals surface area contributed by atoms with Gasteiger partial charge in [0, 0.05) is 0 Å². The number of rotatable bonds is 9. The Morgan fingerprint density at radius 3 is 0.864 bits per heavy atom. The van der Waals surface area contributed by atoms with Gasteiger partial charge >= 0.3 is 74.6 Å². The predicted molar refractivity (Wildman–Crippen MR) is 185 cm³/mol. The van der Waals surface area contributed by atoms with Crippen molar-refractivity contribution in [2.75, 3.05) is 0 Å². The van der Waals surface area contributed by atoms with Crippen molar-refractivity contribution in [2.24, 2.45) is 0 Å². The van der Waals surface area contributed by atoms with E-state index in [9.17, 15) is 0 Å². The topological polar surface area (TPSA) is 0 Å². The van der Waals surface area contributed by atoms with Crippen LogP contribution < -0.4 is 0 Å². The van der Waals surface area contributed by atoms with Gasteiger partial charge in [0.15, 0.2) is 0 Å². The van der Waals surface area contributed by atoms with E-state index in [0.717, 1.165) is 38.5 Å². The molecule has 6 rings (SSSR count). The summed E-state index contributed by atoms with van der Waals surface area (Å²) in [5, 5.41) is 0. The third kappa shape index (κ3) is 30.0. The molecule has 0 bridgehead atoms. The molecule has 0 heterocycles. The summed E-state index contributed by atoms with van der Waals surface area (Å²) in [4.78, 5) is 0. The first kappa shape index (κ1) is 45.5. The van der Waals surface area contributed by atoms with Gasteiger partial charge in [-0.25, -0.2) is 71.4 Å². The molecular weight excluding hydrogens is 839 g/mol. The van der Waals surface area contributed by atoms with Crippen LogP contribution in [0.5, 0.6) is 0 Å². The minimum atomic E-state index is 0. The summed E-state index contributed by atoms with van der Waals surface area (Å²) in [6.45, 7) is 6.66. The molecule has 0 saturated heterocycles. The number of hydrogen-bond acceptors (Lipinski definition) is 0. The van der Waals surface area contributed by atoms with Gasteiger partial charge in [-0.15, -0.1) is 38.5 Å². The van der Waals surface area contributed by atoms with Crippen molar-refractivity contribution in [3.63, 3.8) is 0 Å². The molecule has 0 unspecified atom stereocenters. The van der Waals surface area contributed by atoms with Crippen LogP contribution in [0.3, 0.4) is 0 Å². The van der Waals surface area contributed by atoms with Gasteiger partial charge in [-0.3, -0.25) is 36.5 Å². The van der Waals surface area contributed by atoms with E-state index in [-0.39, 0.29) is 74.6 Å². The van der Waals surface area contributed by atoms with Gasteiger partial charge in [0.25, 0.3) is 0 Å². The van der Waals surface area contributed by atoms with Gasteiger partial charge < -0.3 is 0 Å². The molecule has 0 amide bonds. The van der Waals surface area contributed by atoms with Gasteiger partial charge in [0.1, 0.15) is 0 Å². The Bertz CT molecular complexity index is 869. The standard InChI is InChI=1S/3C9H13.3C5H5.2Er/c3*1-2-3-6-9-7-4-5-8-9;3*1-2-4-5-3-1;;/h3*4,7H,2-3,5-6H2,1H3;3*1-3H,4H2;;/q6*-1;2*+3. The summed E-state index contributed by atoms with van der Waals surface area (Å²) in [5.74, 6) is 0. The minimum Gasteiger partial charge on any atom is -0.273 e.